The number of hydrogen-bond donors (Lipinski definition) is 0. The summed E-state index contributed by atoms with van der Waals surface area (Å²) in [5.41, 5.74) is 2.08. The first-order valence-corrected chi connectivity index (χ1v) is 7.07. The maximum absolute atomic E-state index is 5.66. The van der Waals surface area contributed by atoms with Crippen LogP contribution in [-0.4, -0.2) is 10.2 Å². The van der Waals surface area contributed by atoms with E-state index in [1.54, 1.807) is 0 Å². The lowest BCUT2D eigenvalue weighted by Gasteiger charge is -2.02. The first-order chi connectivity index (χ1) is 8.13. The van der Waals surface area contributed by atoms with Gasteiger partial charge in [0, 0.05) is 4.47 Å². The van der Waals surface area contributed by atoms with Crippen molar-refractivity contribution >= 4 is 31.9 Å². The largest absolute Gasteiger partial charge is 0.419 e. The molecule has 2 aromatic rings. The molecule has 0 N–H and O–H groups in total. The Labute approximate surface area is 117 Å². The third-order valence-electron chi connectivity index (χ3n) is 2.49. The number of nitrogens with zero attached hydrogens (tertiary/aromatic N) is 2. The first-order valence-electron chi connectivity index (χ1n) is 5.36. The maximum atomic E-state index is 5.66. The highest BCUT2D eigenvalue weighted by atomic mass is 79.9. The summed E-state index contributed by atoms with van der Waals surface area (Å²) in [5.74, 6) is 1.17. The van der Waals surface area contributed by atoms with Crippen molar-refractivity contribution in [2.75, 3.05) is 0 Å². The van der Waals surface area contributed by atoms with E-state index in [-0.39, 0.29) is 4.83 Å². The van der Waals surface area contributed by atoms with E-state index in [0.717, 1.165) is 22.0 Å². The third kappa shape index (κ3) is 2.60. The Morgan fingerprint density at radius 2 is 2.12 bits per heavy atom. The molecule has 0 amide bonds. The Balaban J connectivity index is 2.40. The summed E-state index contributed by atoms with van der Waals surface area (Å²) in [7, 11) is 0. The van der Waals surface area contributed by atoms with Gasteiger partial charge in [-0.3, -0.25) is 0 Å². The van der Waals surface area contributed by atoms with Gasteiger partial charge >= 0.3 is 0 Å². The van der Waals surface area contributed by atoms with E-state index in [2.05, 4.69) is 49.0 Å². The predicted molar refractivity (Wildman–Crippen MR) is 74.1 cm³/mol. The third-order valence-corrected chi connectivity index (χ3v) is 4.58. The molecule has 1 unspecified atom stereocenters. The number of hydrogen-bond acceptors (Lipinski definition) is 3. The molecule has 2 rings (SSSR count). The molecular formula is C12H12Br2N2O. The van der Waals surface area contributed by atoms with Crippen molar-refractivity contribution in [3.63, 3.8) is 0 Å². The highest BCUT2D eigenvalue weighted by Gasteiger charge is 2.16. The summed E-state index contributed by atoms with van der Waals surface area (Å²) in [5, 5.41) is 8.13. The van der Waals surface area contributed by atoms with Crippen LogP contribution in [0, 0.1) is 6.92 Å². The summed E-state index contributed by atoms with van der Waals surface area (Å²) in [6.07, 6.45) is 0.913. The lowest BCUT2D eigenvalue weighted by atomic mass is 10.1. The minimum absolute atomic E-state index is 0.118. The monoisotopic (exact) mass is 358 g/mol. The standard InChI is InChI=1S/C12H12Br2N2O/c1-3-9(13)12-16-15-11(17-12)8-6-4-5-7(2)10(8)14/h4-6,9H,3H2,1-2H3. The minimum Gasteiger partial charge on any atom is -0.419 e. The molecule has 90 valence electrons. The van der Waals surface area contributed by atoms with Crippen LogP contribution < -0.4 is 0 Å². The minimum atomic E-state index is 0.118. The molecule has 5 heteroatoms. The Morgan fingerprint density at radius 1 is 1.35 bits per heavy atom. The lowest BCUT2D eigenvalue weighted by Crippen LogP contribution is -1.86. The van der Waals surface area contributed by atoms with Crippen LogP contribution in [0.15, 0.2) is 27.1 Å². The van der Waals surface area contributed by atoms with E-state index in [1.807, 2.05) is 25.1 Å². The number of halogens is 2. The lowest BCUT2D eigenvalue weighted by molar-refractivity contribution is 0.500. The average molecular weight is 360 g/mol. The summed E-state index contributed by atoms with van der Waals surface area (Å²) in [6, 6.07) is 5.97. The fourth-order valence-electron chi connectivity index (χ4n) is 1.46. The topological polar surface area (TPSA) is 38.9 Å². The molecule has 0 aliphatic heterocycles. The summed E-state index contributed by atoms with van der Waals surface area (Å²) in [6.45, 7) is 4.09. The summed E-state index contributed by atoms with van der Waals surface area (Å²) in [4.78, 5) is 0.118. The zero-order chi connectivity index (χ0) is 12.4. The van der Waals surface area contributed by atoms with E-state index in [9.17, 15) is 0 Å². The van der Waals surface area contributed by atoms with Crippen molar-refractivity contribution in [2.24, 2.45) is 0 Å². The molecular weight excluding hydrogens is 348 g/mol. The fourth-order valence-corrected chi connectivity index (χ4v) is 2.08. The van der Waals surface area contributed by atoms with Crippen LogP contribution in [-0.2, 0) is 0 Å². The molecule has 0 saturated carbocycles. The van der Waals surface area contributed by atoms with Crippen LogP contribution in [0.25, 0.3) is 11.5 Å². The number of benzene rings is 1. The van der Waals surface area contributed by atoms with Crippen LogP contribution >= 0.6 is 31.9 Å². The summed E-state index contributed by atoms with van der Waals surface area (Å²) >= 11 is 7.04. The molecule has 0 fully saturated rings. The van der Waals surface area contributed by atoms with Gasteiger partial charge < -0.3 is 4.42 Å². The second-order valence-corrected chi connectivity index (χ2v) is 5.66. The fraction of sp³-hybridized carbons (Fsp3) is 0.333. The average Bonchev–Trinajstić information content (AvgIpc) is 2.81. The number of alkyl halides is 1. The first kappa shape index (κ1) is 12.8. The zero-order valence-corrected chi connectivity index (χ0v) is 12.7. The van der Waals surface area contributed by atoms with Crippen LogP contribution in [0.5, 0.6) is 0 Å². The molecule has 0 saturated heterocycles. The molecule has 1 heterocycles. The van der Waals surface area contributed by atoms with Gasteiger partial charge in [0.25, 0.3) is 0 Å². The second kappa shape index (κ2) is 5.31. The Bertz CT molecular complexity index is 525. The van der Waals surface area contributed by atoms with Crippen LogP contribution in [0.1, 0.15) is 29.6 Å². The molecule has 1 aromatic heterocycles. The normalized spacial score (nSPS) is 12.7. The molecule has 0 aliphatic carbocycles. The Hall–Kier alpha value is -0.680. The van der Waals surface area contributed by atoms with Crippen molar-refractivity contribution in [2.45, 2.75) is 25.1 Å². The SMILES string of the molecule is CCC(Br)c1nnc(-c2cccc(C)c2Br)o1. The Kier molecular flexibility index (Phi) is 3.99. The van der Waals surface area contributed by atoms with Crippen molar-refractivity contribution in [3.8, 4) is 11.5 Å². The van der Waals surface area contributed by atoms with Crippen molar-refractivity contribution in [1.82, 2.24) is 10.2 Å². The molecule has 0 radical (unpaired) electrons. The smallest absolute Gasteiger partial charge is 0.248 e. The van der Waals surface area contributed by atoms with E-state index < -0.39 is 0 Å². The van der Waals surface area contributed by atoms with E-state index in [4.69, 9.17) is 4.42 Å². The van der Waals surface area contributed by atoms with E-state index in [0.29, 0.717) is 11.8 Å². The molecule has 0 aliphatic rings. The van der Waals surface area contributed by atoms with Crippen LogP contribution in [0.3, 0.4) is 0 Å². The predicted octanol–water partition coefficient (Wildman–Crippen LogP) is 4.65. The van der Waals surface area contributed by atoms with Gasteiger partial charge in [0.2, 0.25) is 11.8 Å². The van der Waals surface area contributed by atoms with Crippen molar-refractivity contribution in [3.05, 3.63) is 34.1 Å². The van der Waals surface area contributed by atoms with Crippen LogP contribution in [0.4, 0.5) is 0 Å². The van der Waals surface area contributed by atoms with Gasteiger partial charge in [0.05, 0.1) is 10.4 Å². The maximum Gasteiger partial charge on any atom is 0.248 e. The molecule has 0 spiro atoms. The molecule has 1 atom stereocenters. The Morgan fingerprint density at radius 3 is 2.82 bits per heavy atom. The van der Waals surface area contributed by atoms with Gasteiger partial charge in [-0.1, -0.05) is 35.0 Å². The second-order valence-electron chi connectivity index (χ2n) is 3.76. The quantitative estimate of drug-likeness (QED) is 0.748. The van der Waals surface area contributed by atoms with Gasteiger partial charge in [-0.2, -0.15) is 0 Å². The van der Waals surface area contributed by atoms with Gasteiger partial charge in [-0.05, 0) is 40.9 Å². The van der Waals surface area contributed by atoms with E-state index >= 15 is 0 Å². The highest BCUT2D eigenvalue weighted by Crippen LogP contribution is 2.32. The van der Waals surface area contributed by atoms with Gasteiger partial charge in [-0.25, -0.2) is 0 Å². The molecule has 3 nitrogen and oxygen atoms in total. The summed E-state index contributed by atoms with van der Waals surface area (Å²) < 4.78 is 6.66. The zero-order valence-electron chi connectivity index (χ0n) is 9.58. The van der Waals surface area contributed by atoms with Gasteiger partial charge in [0.1, 0.15) is 0 Å². The molecule has 17 heavy (non-hydrogen) atoms. The molecule has 1 aromatic carbocycles. The highest BCUT2D eigenvalue weighted by molar-refractivity contribution is 9.10. The van der Waals surface area contributed by atoms with Crippen LogP contribution in [0.2, 0.25) is 0 Å². The van der Waals surface area contributed by atoms with E-state index in [1.165, 1.54) is 0 Å². The van der Waals surface area contributed by atoms with Gasteiger partial charge in [-0.15, -0.1) is 10.2 Å². The number of aryl methyl sites for hydroxylation is 1. The van der Waals surface area contributed by atoms with Gasteiger partial charge in [0.15, 0.2) is 0 Å². The number of rotatable bonds is 3. The number of aromatic nitrogens is 2. The molecule has 0 bridgehead atoms. The van der Waals surface area contributed by atoms with Crippen molar-refractivity contribution < 1.29 is 4.42 Å². The van der Waals surface area contributed by atoms with Crippen molar-refractivity contribution in [1.29, 1.82) is 0 Å².